The van der Waals surface area contributed by atoms with Crippen LogP contribution in [0, 0.1) is 0 Å². The number of benzene rings is 1. The van der Waals surface area contributed by atoms with Crippen molar-refractivity contribution in [2.24, 2.45) is 0 Å². The van der Waals surface area contributed by atoms with Gasteiger partial charge in [0.25, 0.3) is 0 Å². The van der Waals surface area contributed by atoms with Gasteiger partial charge in [-0.25, -0.2) is 0 Å². The summed E-state index contributed by atoms with van der Waals surface area (Å²) in [7, 11) is 0. The minimum Gasteiger partial charge on any atom is -0.345 e. The molecule has 4 rings (SSSR count). The van der Waals surface area contributed by atoms with Crippen LogP contribution in [-0.4, -0.2) is 53.2 Å². The number of fused-ring (bicyclic) bond motifs is 1. The van der Waals surface area contributed by atoms with Crippen molar-refractivity contribution in [1.29, 1.82) is 0 Å². The molecule has 0 saturated carbocycles. The van der Waals surface area contributed by atoms with Gasteiger partial charge < -0.3 is 15.1 Å². The Morgan fingerprint density at radius 3 is 2.66 bits per heavy atom. The number of nitrogens with one attached hydrogen (secondary N) is 1. The summed E-state index contributed by atoms with van der Waals surface area (Å²) in [4.78, 5) is 42.3. The quantitative estimate of drug-likeness (QED) is 0.818. The Bertz CT molecular complexity index is 896. The van der Waals surface area contributed by atoms with E-state index in [0.29, 0.717) is 32.5 Å². The van der Waals surface area contributed by atoms with E-state index in [2.05, 4.69) is 11.4 Å². The summed E-state index contributed by atoms with van der Waals surface area (Å²) in [6.07, 6.45) is 2.62. The van der Waals surface area contributed by atoms with Crippen LogP contribution in [0.1, 0.15) is 28.8 Å². The Hall–Kier alpha value is -2.67. The molecule has 0 spiro atoms. The van der Waals surface area contributed by atoms with E-state index in [1.165, 1.54) is 11.1 Å². The van der Waals surface area contributed by atoms with Crippen molar-refractivity contribution < 1.29 is 14.4 Å². The number of rotatable bonds is 5. The summed E-state index contributed by atoms with van der Waals surface area (Å²) < 4.78 is 0. The lowest BCUT2D eigenvalue weighted by Gasteiger charge is -2.29. The van der Waals surface area contributed by atoms with Crippen LogP contribution >= 0.6 is 11.3 Å². The second kappa shape index (κ2) is 8.78. The summed E-state index contributed by atoms with van der Waals surface area (Å²) >= 11 is 1.55. The van der Waals surface area contributed by atoms with Crippen molar-refractivity contribution in [2.75, 3.05) is 19.6 Å². The molecule has 1 unspecified atom stereocenters. The molecule has 152 valence electrons. The molecule has 2 aromatic rings. The van der Waals surface area contributed by atoms with E-state index in [4.69, 9.17) is 0 Å². The van der Waals surface area contributed by atoms with Crippen LogP contribution in [0.5, 0.6) is 0 Å². The Morgan fingerprint density at radius 1 is 1.03 bits per heavy atom. The van der Waals surface area contributed by atoms with Crippen LogP contribution in [0.3, 0.4) is 0 Å². The lowest BCUT2D eigenvalue weighted by atomic mass is 10.00. The number of likely N-dealkylation sites (tertiary alicyclic amines) is 1. The fraction of sp³-hybridized carbons (Fsp3) is 0.409. The van der Waals surface area contributed by atoms with Crippen molar-refractivity contribution in [3.05, 3.63) is 57.8 Å². The Balaban J connectivity index is 1.29. The van der Waals surface area contributed by atoms with Gasteiger partial charge in [-0.1, -0.05) is 30.3 Å². The van der Waals surface area contributed by atoms with Crippen LogP contribution in [0.25, 0.3) is 0 Å². The van der Waals surface area contributed by atoms with Gasteiger partial charge in [0.2, 0.25) is 17.7 Å². The molecule has 1 fully saturated rings. The molecule has 0 radical (unpaired) electrons. The minimum absolute atomic E-state index is 0.0234. The zero-order valence-electron chi connectivity index (χ0n) is 16.3. The van der Waals surface area contributed by atoms with Gasteiger partial charge in [-0.05, 0) is 41.8 Å². The number of hydrogen-bond donors (Lipinski definition) is 1. The number of thiophene rings is 1. The van der Waals surface area contributed by atoms with Crippen molar-refractivity contribution in [3.63, 3.8) is 0 Å². The average Bonchev–Trinajstić information content (AvgIpc) is 3.43. The second-order valence-electron chi connectivity index (χ2n) is 7.55. The number of amides is 3. The number of carbonyl (C=O) groups is 3. The predicted molar refractivity (Wildman–Crippen MR) is 111 cm³/mol. The van der Waals surface area contributed by atoms with Gasteiger partial charge in [0, 0.05) is 24.5 Å². The maximum atomic E-state index is 12.7. The molecule has 1 atom stereocenters. The minimum atomic E-state index is -0.475. The second-order valence-corrected chi connectivity index (χ2v) is 8.59. The summed E-state index contributed by atoms with van der Waals surface area (Å²) in [6.45, 7) is 1.82. The molecule has 1 aromatic carbocycles. The SMILES string of the molecule is O=C(NCC(=O)N1CCc2ccccc2C1)C1CCCN1C(=O)Cc1cccs1. The molecule has 0 aliphatic carbocycles. The van der Waals surface area contributed by atoms with E-state index in [1.807, 2.05) is 35.7 Å². The maximum absolute atomic E-state index is 12.7. The molecule has 1 aromatic heterocycles. The van der Waals surface area contributed by atoms with Gasteiger partial charge in [0.05, 0.1) is 13.0 Å². The highest BCUT2D eigenvalue weighted by atomic mass is 32.1. The van der Waals surface area contributed by atoms with Crippen LogP contribution < -0.4 is 5.32 Å². The summed E-state index contributed by atoms with van der Waals surface area (Å²) in [6, 6.07) is 11.5. The normalized spacial score (nSPS) is 18.4. The highest BCUT2D eigenvalue weighted by molar-refractivity contribution is 7.10. The fourth-order valence-corrected chi connectivity index (χ4v) is 4.80. The Labute approximate surface area is 174 Å². The van der Waals surface area contributed by atoms with Gasteiger partial charge in [0.1, 0.15) is 6.04 Å². The Morgan fingerprint density at radius 2 is 1.86 bits per heavy atom. The molecular formula is C22H25N3O3S. The number of hydrogen-bond acceptors (Lipinski definition) is 4. The van der Waals surface area contributed by atoms with E-state index < -0.39 is 6.04 Å². The molecule has 6 nitrogen and oxygen atoms in total. The lowest BCUT2D eigenvalue weighted by Crippen LogP contribution is -2.49. The zero-order valence-corrected chi connectivity index (χ0v) is 17.1. The van der Waals surface area contributed by atoms with Gasteiger partial charge in [-0.3, -0.25) is 14.4 Å². The molecule has 3 amide bonds. The van der Waals surface area contributed by atoms with E-state index in [-0.39, 0.29) is 24.3 Å². The highest BCUT2D eigenvalue weighted by Crippen LogP contribution is 2.21. The monoisotopic (exact) mass is 411 g/mol. The average molecular weight is 412 g/mol. The standard InChI is InChI=1S/C22H25N3O3S/c26-20(13-18-7-4-12-29-18)25-10-3-8-19(25)22(28)23-14-21(27)24-11-9-16-5-1-2-6-17(16)15-24/h1-2,4-7,12,19H,3,8-11,13-15H2,(H,23,28). The molecular weight excluding hydrogens is 386 g/mol. The summed E-state index contributed by atoms with van der Waals surface area (Å²) in [5.41, 5.74) is 2.45. The first-order valence-corrected chi connectivity index (χ1v) is 10.9. The predicted octanol–water partition coefficient (Wildman–Crippen LogP) is 1.98. The van der Waals surface area contributed by atoms with E-state index >= 15 is 0 Å². The van der Waals surface area contributed by atoms with E-state index in [1.54, 1.807) is 21.1 Å². The van der Waals surface area contributed by atoms with Crippen LogP contribution in [0.2, 0.25) is 0 Å². The van der Waals surface area contributed by atoms with Crippen LogP contribution in [-0.2, 0) is 33.8 Å². The zero-order chi connectivity index (χ0) is 20.2. The number of carbonyl (C=O) groups excluding carboxylic acids is 3. The largest absolute Gasteiger partial charge is 0.345 e. The van der Waals surface area contributed by atoms with Gasteiger partial charge in [-0.15, -0.1) is 11.3 Å². The summed E-state index contributed by atoms with van der Waals surface area (Å²) in [5, 5.41) is 4.71. The molecule has 0 bridgehead atoms. The molecule has 7 heteroatoms. The fourth-order valence-electron chi connectivity index (χ4n) is 4.10. The third kappa shape index (κ3) is 4.50. The van der Waals surface area contributed by atoms with Crippen molar-refractivity contribution in [1.82, 2.24) is 15.1 Å². The molecule has 3 heterocycles. The smallest absolute Gasteiger partial charge is 0.243 e. The molecule has 2 aliphatic heterocycles. The van der Waals surface area contributed by atoms with Crippen molar-refractivity contribution in [2.45, 2.75) is 38.3 Å². The van der Waals surface area contributed by atoms with Crippen molar-refractivity contribution in [3.8, 4) is 0 Å². The lowest BCUT2D eigenvalue weighted by molar-refractivity contribution is -0.139. The summed E-state index contributed by atoms with van der Waals surface area (Å²) in [5.74, 6) is -0.334. The van der Waals surface area contributed by atoms with E-state index in [9.17, 15) is 14.4 Å². The molecule has 29 heavy (non-hydrogen) atoms. The molecule has 1 N–H and O–H groups in total. The first-order chi connectivity index (χ1) is 14.1. The number of nitrogens with zero attached hydrogens (tertiary/aromatic N) is 2. The maximum Gasteiger partial charge on any atom is 0.243 e. The van der Waals surface area contributed by atoms with Crippen LogP contribution in [0.15, 0.2) is 41.8 Å². The molecule has 2 aliphatic rings. The topological polar surface area (TPSA) is 69.7 Å². The van der Waals surface area contributed by atoms with Crippen LogP contribution in [0.4, 0.5) is 0 Å². The van der Waals surface area contributed by atoms with Gasteiger partial charge in [-0.2, -0.15) is 0 Å². The highest BCUT2D eigenvalue weighted by Gasteiger charge is 2.34. The first-order valence-electron chi connectivity index (χ1n) is 10.1. The third-order valence-electron chi connectivity index (χ3n) is 5.68. The Kier molecular flexibility index (Phi) is 5.94. The van der Waals surface area contributed by atoms with E-state index in [0.717, 1.165) is 17.7 Å². The van der Waals surface area contributed by atoms with Gasteiger partial charge >= 0.3 is 0 Å². The third-order valence-corrected chi connectivity index (χ3v) is 6.55. The molecule has 1 saturated heterocycles. The van der Waals surface area contributed by atoms with Gasteiger partial charge in [0.15, 0.2) is 0 Å². The van der Waals surface area contributed by atoms with Crippen molar-refractivity contribution >= 4 is 29.1 Å². The first kappa shape index (κ1) is 19.6.